The predicted molar refractivity (Wildman–Crippen MR) is 63.2 cm³/mol. The van der Waals surface area contributed by atoms with E-state index in [2.05, 4.69) is 0 Å². The Balaban J connectivity index is 3.18. The highest BCUT2D eigenvalue weighted by Crippen LogP contribution is 2.23. The van der Waals surface area contributed by atoms with Gasteiger partial charge in [-0.15, -0.1) is 0 Å². The van der Waals surface area contributed by atoms with Crippen molar-refractivity contribution < 1.29 is 18.5 Å². The fraction of sp³-hybridized carbons (Fsp3) is 0.400. The number of hydrogen-bond donors (Lipinski definition) is 2. The number of benzene rings is 1. The van der Waals surface area contributed by atoms with Gasteiger partial charge in [-0.25, -0.2) is 8.42 Å². The summed E-state index contributed by atoms with van der Waals surface area (Å²) in [5, 5.41) is 17.8. The van der Waals surface area contributed by atoms with Gasteiger partial charge in [0.25, 0.3) is 0 Å². The molecule has 0 amide bonds. The van der Waals surface area contributed by atoms with Crippen LogP contribution in [0.2, 0.25) is 0 Å². The summed E-state index contributed by atoms with van der Waals surface area (Å²) >= 11 is 0. The average molecular weight is 242 g/mol. The summed E-state index contributed by atoms with van der Waals surface area (Å²) in [6.45, 7) is 4.87. The van der Waals surface area contributed by atoms with E-state index >= 15 is 0 Å². The van der Waals surface area contributed by atoms with Crippen molar-refractivity contribution >= 4 is 22.4 Å². The maximum Gasteiger partial charge on any atom is 0.488 e. The molecule has 1 aromatic rings. The minimum atomic E-state index is -3.38. The molecule has 0 bridgehead atoms. The normalized spacial score (nSPS) is 12.6. The van der Waals surface area contributed by atoms with Crippen LogP contribution in [-0.2, 0) is 9.84 Å². The molecule has 0 radical (unpaired) electrons. The summed E-state index contributed by atoms with van der Waals surface area (Å²) in [6, 6.07) is 5.55. The lowest BCUT2D eigenvalue weighted by atomic mass is 9.81. The molecule has 0 aliphatic heterocycles. The van der Waals surface area contributed by atoms with E-state index in [0.29, 0.717) is 0 Å². The van der Waals surface area contributed by atoms with Gasteiger partial charge in [-0.2, -0.15) is 0 Å². The average Bonchev–Trinajstić information content (AvgIpc) is 2.16. The van der Waals surface area contributed by atoms with Crippen LogP contribution in [0.5, 0.6) is 0 Å². The molecule has 0 saturated carbocycles. The third-order valence-electron chi connectivity index (χ3n) is 2.29. The van der Waals surface area contributed by atoms with Crippen LogP contribution in [0.15, 0.2) is 29.2 Å². The van der Waals surface area contributed by atoms with Crippen LogP contribution in [0.25, 0.3) is 0 Å². The Hall–Kier alpha value is -0.845. The van der Waals surface area contributed by atoms with Crippen LogP contribution in [0.3, 0.4) is 0 Å². The first kappa shape index (κ1) is 13.2. The van der Waals surface area contributed by atoms with Crippen LogP contribution in [0.4, 0.5) is 0 Å². The lowest BCUT2D eigenvalue weighted by Gasteiger charge is -2.19. The molecule has 0 fully saturated rings. The highest BCUT2D eigenvalue weighted by Gasteiger charge is 2.30. The van der Waals surface area contributed by atoms with Gasteiger partial charge in [0.15, 0.2) is 9.84 Å². The molecule has 1 aromatic carbocycles. The summed E-state index contributed by atoms with van der Waals surface area (Å²) in [5.74, 6) is 0. The van der Waals surface area contributed by atoms with Gasteiger partial charge in [0.2, 0.25) is 0 Å². The van der Waals surface area contributed by atoms with Gasteiger partial charge in [0.1, 0.15) is 0 Å². The molecule has 88 valence electrons. The highest BCUT2D eigenvalue weighted by atomic mass is 32.2. The van der Waals surface area contributed by atoms with Crippen LogP contribution in [0, 0.1) is 0 Å². The van der Waals surface area contributed by atoms with Crippen molar-refractivity contribution in [3.63, 3.8) is 0 Å². The van der Waals surface area contributed by atoms with Crippen molar-refractivity contribution in [2.75, 3.05) is 0 Å². The van der Waals surface area contributed by atoms with Crippen molar-refractivity contribution in [2.45, 2.75) is 30.4 Å². The minimum Gasteiger partial charge on any atom is -0.423 e. The zero-order valence-corrected chi connectivity index (χ0v) is 10.3. The van der Waals surface area contributed by atoms with E-state index in [9.17, 15) is 8.42 Å². The maximum absolute atomic E-state index is 12.0. The molecule has 4 nitrogen and oxygen atoms in total. The van der Waals surface area contributed by atoms with Gasteiger partial charge < -0.3 is 10.0 Å². The van der Waals surface area contributed by atoms with E-state index in [1.807, 2.05) is 0 Å². The van der Waals surface area contributed by atoms with Crippen LogP contribution >= 0.6 is 0 Å². The Morgan fingerprint density at radius 1 is 1.06 bits per heavy atom. The summed E-state index contributed by atoms with van der Waals surface area (Å²) in [4.78, 5) is 0.185. The molecular weight excluding hydrogens is 227 g/mol. The molecule has 0 aromatic heterocycles. The molecule has 0 atom stereocenters. The quantitative estimate of drug-likeness (QED) is 0.712. The zero-order valence-electron chi connectivity index (χ0n) is 9.51. The van der Waals surface area contributed by atoms with Crippen LogP contribution in [-0.4, -0.2) is 30.3 Å². The van der Waals surface area contributed by atoms with Gasteiger partial charge in [-0.1, -0.05) is 12.1 Å². The molecule has 2 N–H and O–H groups in total. The molecule has 1 rings (SSSR count). The fourth-order valence-electron chi connectivity index (χ4n) is 1.17. The summed E-state index contributed by atoms with van der Waals surface area (Å²) < 4.78 is 23.2. The van der Waals surface area contributed by atoms with Gasteiger partial charge in [0, 0.05) is 0 Å². The first-order valence-corrected chi connectivity index (χ1v) is 6.35. The lowest BCUT2D eigenvalue weighted by Crippen LogP contribution is -2.31. The fourth-order valence-corrected chi connectivity index (χ4v) is 2.37. The Labute approximate surface area is 96.0 Å². The van der Waals surface area contributed by atoms with Crippen LogP contribution in [0.1, 0.15) is 20.8 Å². The third kappa shape index (κ3) is 2.45. The Bertz CT molecular complexity index is 457. The van der Waals surface area contributed by atoms with Gasteiger partial charge in [-0.3, -0.25) is 0 Å². The highest BCUT2D eigenvalue weighted by molar-refractivity contribution is 7.92. The summed E-state index contributed by atoms with van der Waals surface area (Å²) in [6.07, 6.45) is 0. The van der Waals surface area contributed by atoms with Crippen molar-refractivity contribution in [1.29, 1.82) is 0 Å². The second-order valence-corrected chi connectivity index (χ2v) is 7.26. The monoisotopic (exact) mass is 242 g/mol. The second kappa shape index (κ2) is 4.20. The molecule has 0 spiro atoms. The number of rotatable bonds is 2. The molecule has 0 aliphatic carbocycles. The second-order valence-electron chi connectivity index (χ2n) is 4.56. The zero-order chi connectivity index (χ0) is 12.6. The molecule has 0 heterocycles. The Morgan fingerprint density at radius 3 is 1.81 bits per heavy atom. The molecular formula is C10H15BO4S. The van der Waals surface area contributed by atoms with Gasteiger partial charge >= 0.3 is 7.12 Å². The van der Waals surface area contributed by atoms with Gasteiger partial charge in [0.05, 0.1) is 9.64 Å². The standard InChI is InChI=1S/C10H15BO4S/c1-10(2,3)16(14,15)9-6-4-8(5-7-9)11(12)13/h4-7,12-13H,1-3H3. The number of hydrogen-bond acceptors (Lipinski definition) is 4. The van der Waals surface area contributed by atoms with Crippen molar-refractivity contribution in [3.05, 3.63) is 24.3 Å². The first-order valence-electron chi connectivity index (χ1n) is 4.87. The van der Waals surface area contributed by atoms with E-state index in [0.717, 1.165) is 0 Å². The lowest BCUT2D eigenvalue weighted by molar-refractivity contribution is 0.425. The third-order valence-corrected chi connectivity index (χ3v) is 4.80. The minimum absolute atomic E-state index is 0.185. The van der Waals surface area contributed by atoms with E-state index in [1.54, 1.807) is 20.8 Å². The molecule has 0 saturated heterocycles. The van der Waals surface area contributed by atoms with Gasteiger partial charge in [-0.05, 0) is 38.4 Å². The number of sulfone groups is 1. The smallest absolute Gasteiger partial charge is 0.423 e. The first-order chi connectivity index (χ1) is 7.16. The van der Waals surface area contributed by atoms with E-state index in [-0.39, 0.29) is 10.4 Å². The summed E-state index contributed by atoms with van der Waals surface area (Å²) in [5.41, 5.74) is 0.271. The van der Waals surface area contributed by atoms with E-state index < -0.39 is 21.7 Å². The molecule has 0 aliphatic rings. The predicted octanol–water partition coefficient (Wildman–Crippen LogP) is -0.0614. The van der Waals surface area contributed by atoms with Crippen LogP contribution < -0.4 is 5.46 Å². The SMILES string of the molecule is CC(C)(C)S(=O)(=O)c1ccc(B(O)O)cc1. The molecule has 0 unspecified atom stereocenters. The van der Waals surface area contributed by atoms with E-state index in [4.69, 9.17) is 10.0 Å². The van der Waals surface area contributed by atoms with Crippen molar-refractivity contribution in [2.24, 2.45) is 0 Å². The van der Waals surface area contributed by atoms with Crippen molar-refractivity contribution in [1.82, 2.24) is 0 Å². The Morgan fingerprint density at radius 2 is 1.50 bits per heavy atom. The molecule has 16 heavy (non-hydrogen) atoms. The topological polar surface area (TPSA) is 74.6 Å². The summed E-state index contributed by atoms with van der Waals surface area (Å²) in [7, 11) is -4.96. The maximum atomic E-state index is 12.0. The largest absolute Gasteiger partial charge is 0.488 e. The van der Waals surface area contributed by atoms with E-state index in [1.165, 1.54) is 24.3 Å². The van der Waals surface area contributed by atoms with Crippen molar-refractivity contribution in [3.8, 4) is 0 Å². The molecule has 6 heteroatoms. The Kier molecular flexibility index (Phi) is 3.47.